The molecule has 8 nitrogen and oxygen atoms in total. The van der Waals surface area contributed by atoms with Crippen molar-refractivity contribution in [3.05, 3.63) is 47.9 Å². The second kappa shape index (κ2) is 8.05. The molecule has 8 heteroatoms. The molecule has 2 aromatic heterocycles. The normalized spacial score (nSPS) is 10.8. The lowest BCUT2D eigenvalue weighted by molar-refractivity contribution is 0.101. The van der Waals surface area contributed by atoms with Gasteiger partial charge in [-0.05, 0) is 44.2 Å². The van der Waals surface area contributed by atoms with E-state index in [-0.39, 0.29) is 5.91 Å². The fraction of sp³-hybridized carbons (Fsp3) is 0.316. The van der Waals surface area contributed by atoms with Crippen LogP contribution in [0.2, 0.25) is 0 Å². The number of ether oxygens (including phenoxy) is 1. The molecule has 1 aromatic carbocycles. The van der Waals surface area contributed by atoms with Gasteiger partial charge in [-0.15, -0.1) is 0 Å². The monoisotopic (exact) mass is 368 g/mol. The number of carbonyl (C=O) groups is 1. The van der Waals surface area contributed by atoms with Crippen molar-refractivity contribution < 1.29 is 9.53 Å². The summed E-state index contributed by atoms with van der Waals surface area (Å²) in [6.45, 7) is 5.28. The maximum Gasteiger partial charge on any atom is 0.273 e. The predicted octanol–water partition coefficient (Wildman–Crippen LogP) is 2.20. The van der Waals surface area contributed by atoms with E-state index in [1.165, 1.54) is 0 Å². The molecular weight excluding hydrogens is 344 g/mol. The van der Waals surface area contributed by atoms with E-state index in [1.807, 2.05) is 45.2 Å². The van der Waals surface area contributed by atoms with Crippen LogP contribution >= 0.6 is 0 Å². The number of amides is 1. The number of anilines is 1. The van der Waals surface area contributed by atoms with Gasteiger partial charge in [-0.25, -0.2) is 0 Å². The fourth-order valence-electron chi connectivity index (χ4n) is 2.91. The van der Waals surface area contributed by atoms with E-state index in [0.717, 1.165) is 17.0 Å². The Morgan fingerprint density at radius 2 is 2.11 bits per heavy atom. The van der Waals surface area contributed by atoms with Crippen LogP contribution in [0.15, 0.2) is 36.5 Å². The van der Waals surface area contributed by atoms with Crippen LogP contribution in [0.3, 0.4) is 0 Å². The molecule has 0 saturated heterocycles. The number of hydrogen-bond acceptors (Lipinski definition) is 5. The van der Waals surface area contributed by atoms with Crippen molar-refractivity contribution in [1.82, 2.24) is 19.6 Å². The van der Waals surface area contributed by atoms with Gasteiger partial charge in [-0.1, -0.05) is 0 Å². The summed E-state index contributed by atoms with van der Waals surface area (Å²) in [7, 11) is 1.86. The minimum atomic E-state index is -0.205. The van der Waals surface area contributed by atoms with Crippen LogP contribution in [-0.2, 0) is 13.6 Å². The zero-order valence-corrected chi connectivity index (χ0v) is 15.8. The van der Waals surface area contributed by atoms with Gasteiger partial charge in [-0.3, -0.25) is 14.2 Å². The third-order valence-corrected chi connectivity index (χ3v) is 4.14. The Labute approximate surface area is 157 Å². The van der Waals surface area contributed by atoms with Crippen molar-refractivity contribution in [1.29, 1.82) is 0 Å². The first-order chi connectivity index (χ1) is 13.0. The number of nitrogens with zero attached hydrogens (tertiary/aromatic N) is 4. The predicted molar refractivity (Wildman–Crippen MR) is 104 cm³/mol. The Bertz CT molecular complexity index is 944. The summed E-state index contributed by atoms with van der Waals surface area (Å²) in [6.07, 6.45) is 1.72. The standard InChI is InChI=1S/C19H24N6O2/c1-4-25-17(11-13(2)23-25)19(26)22-14-5-6-18(27-10-8-20)15(12-14)16-7-9-21-24(16)3/h5-7,9,11-12H,4,8,10,20H2,1-3H3,(H,22,26). The van der Waals surface area contributed by atoms with Gasteiger partial charge in [0, 0.05) is 37.6 Å². The van der Waals surface area contributed by atoms with Crippen LogP contribution in [0.5, 0.6) is 5.75 Å². The van der Waals surface area contributed by atoms with Gasteiger partial charge in [0.1, 0.15) is 18.1 Å². The van der Waals surface area contributed by atoms with Gasteiger partial charge in [0.15, 0.2) is 0 Å². The third-order valence-electron chi connectivity index (χ3n) is 4.14. The molecule has 0 aliphatic heterocycles. The highest BCUT2D eigenvalue weighted by atomic mass is 16.5. The maximum absolute atomic E-state index is 12.7. The smallest absolute Gasteiger partial charge is 0.273 e. The molecule has 3 rings (SSSR count). The second-order valence-electron chi connectivity index (χ2n) is 6.13. The molecule has 0 aliphatic rings. The molecule has 142 valence electrons. The van der Waals surface area contributed by atoms with Crippen LogP contribution in [-0.4, -0.2) is 38.6 Å². The number of benzene rings is 1. The summed E-state index contributed by atoms with van der Waals surface area (Å²) >= 11 is 0. The highest BCUT2D eigenvalue weighted by molar-refractivity contribution is 6.03. The Hall–Kier alpha value is -3.13. The molecule has 0 atom stereocenters. The number of aromatic nitrogens is 4. The molecule has 0 bridgehead atoms. The fourth-order valence-corrected chi connectivity index (χ4v) is 2.91. The van der Waals surface area contributed by atoms with Crippen molar-refractivity contribution in [2.24, 2.45) is 12.8 Å². The van der Waals surface area contributed by atoms with E-state index < -0.39 is 0 Å². The number of aryl methyl sites for hydroxylation is 3. The minimum absolute atomic E-state index is 0.205. The molecule has 0 spiro atoms. The van der Waals surface area contributed by atoms with E-state index in [1.54, 1.807) is 21.6 Å². The van der Waals surface area contributed by atoms with Gasteiger partial charge in [0.2, 0.25) is 0 Å². The molecule has 0 fully saturated rings. The highest BCUT2D eigenvalue weighted by Crippen LogP contribution is 2.32. The van der Waals surface area contributed by atoms with Crippen LogP contribution in [0.4, 0.5) is 5.69 Å². The second-order valence-corrected chi connectivity index (χ2v) is 6.13. The largest absolute Gasteiger partial charge is 0.492 e. The summed E-state index contributed by atoms with van der Waals surface area (Å²) in [6, 6.07) is 9.19. The summed E-state index contributed by atoms with van der Waals surface area (Å²) < 4.78 is 9.20. The Kier molecular flexibility index (Phi) is 5.56. The van der Waals surface area contributed by atoms with E-state index in [2.05, 4.69) is 15.5 Å². The zero-order valence-electron chi connectivity index (χ0n) is 15.8. The SMILES string of the molecule is CCn1nc(C)cc1C(=O)Nc1ccc(OCCN)c(-c2ccnn2C)c1. The van der Waals surface area contributed by atoms with Gasteiger partial charge < -0.3 is 15.8 Å². The van der Waals surface area contributed by atoms with Crippen LogP contribution < -0.4 is 15.8 Å². The number of hydrogen-bond donors (Lipinski definition) is 2. The minimum Gasteiger partial charge on any atom is -0.492 e. The lowest BCUT2D eigenvalue weighted by Gasteiger charge is -2.14. The average molecular weight is 368 g/mol. The van der Waals surface area contributed by atoms with Gasteiger partial charge in [0.05, 0.1) is 11.4 Å². The Morgan fingerprint density at radius 1 is 1.30 bits per heavy atom. The van der Waals surface area contributed by atoms with Crippen LogP contribution in [0, 0.1) is 6.92 Å². The first-order valence-corrected chi connectivity index (χ1v) is 8.84. The van der Waals surface area contributed by atoms with Crippen molar-refractivity contribution >= 4 is 11.6 Å². The van der Waals surface area contributed by atoms with Gasteiger partial charge in [0.25, 0.3) is 5.91 Å². The van der Waals surface area contributed by atoms with Gasteiger partial charge >= 0.3 is 0 Å². The summed E-state index contributed by atoms with van der Waals surface area (Å²) in [5.41, 5.74) is 9.27. The molecule has 1 amide bonds. The lowest BCUT2D eigenvalue weighted by Crippen LogP contribution is -2.17. The molecule has 3 aromatic rings. The Morgan fingerprint density at radius 3 is 2.78 bits per heavy atom. The molecular formula is C19H24N6O2. The quantitative estimate of drug-likeness (QED) is 0.666. The lowest BCUT2D eigenvalue weighted by atomic mass is 10.1. The topological polar surface area (TPSA) is 100.0 Å². The van der Waals surface area contributed by atoms with E-state index in [0.29, 0.717) is 36.8 Å². The molecule has 0 radical (unpaired) electrons. The third kappa shape index (κ3) is 4.01. The summed E-state index contributed by atoms with van der Waals surface area (Å²) in [5, 5.41) is 11.5. The zero-order chi connectivity index (χ0) is 19.4. The van der Waals surface area contributed by atoms with Crippen molar-refractivity contribution in [2.45, 2.75) is 20.4 Å². The van der Waals surface area contributed by atoms with Crippen molar-refractivity contribution in [3.8, 4) is 17.0 Å². The Balaban J connectivity index is 1.92. The van der Waals surface area contributed by atoms with Crippen LogP contribution in [0.1, 0.15) is 23.1 Å². The summed E-state index contributed by atoms with van der Waals surface area (Å²) in [4.78, 5) is 12.7. The summed E-state index contributed by atoms with van der Waals surface area (Å²) in [5.74, 6) is 0.487. The number of nitrogens with one attached hydrogen (secondary N) is 1. The van der Waals surface area contributed by atoms with Crippen molar-refractivity contribution in [3.63, 3.8) is 0 Å². The first kappa shape index (κ1) is 18.7. The molecule has 3 N–H and O–H groups in total. The first-order valence-electron chi connectivity index (χ1n) is 8.84. The number of nitrogens with two attached hydrogens (primary N) is 1. The number of carbonyl (C=O) groups excluding carboxylic acids is 1. The van der Waals surface area contributed by atoms with E-state index in [9.17, 15) is 4.79 Å². The molecule has 2 heterocycles. The van der Waals surface area contributed by atoms with E-state index >= 15 is 0 Å². The highest BCUT2D eigenvalue weighted by Gasteiger charge is 2.16. The molecule has 0 saturated carbocycles. The maximum atomic E-state index is 12.7. The molecule has 0 aliphatic carbocycles. The van der Waals surface area contributed by atoms with E-state index in [4.69, 9.17) is 10.5 Å². The van der Waals surface area contributed by atoms with Crippen molar-refractivity contribution in [2.75, 3.05) is 18.5 Å². The van der Waals surface area contributed by atoms with Crippen LogP contribution in [0.25, 0.3) is 11.3 Å². The number of rotatable bonds is 7. The molecule has 27 heavy (non-hydrogen) atoms. The molecule has 0 unspecified atom stereocenters. The average Bonchev–Trinajstić information content (AvgIpc) is 3.25. The van der Waals surface area contributed by atoms with Gasteiger partial charge in [-0.2, -0.15) is 10.2 Å².